The number of carbonyl (C=O) groups excluding carboxylic acids is 3. The van der Waals surface area contributed by atoms with Gasteiger partial charge in [0.15, 0.2) is 6.61 Å². The molecule has 1 amide bonds. The average molecular weight is 343 g/mol. The molecule has 25 heavy (non-hydrogen) atoms. The minimum atomic E-state index is -0.405. The Balaban J connectivity index is 1.40. The van der Waals surface area contributed by atoms with Crippen LogP contribution in [-0.4, -0.2) is 31.6 Å². The third-order valence-corrected chi connectivity index (χ3v) is 4.79. The van der Waals surface area contributed by atoms with Gasteiger partial charge in [0.25, 0.3) is 5.91 Å². The van der Waals surface area contributed by atoms with Crippen molar-refractivity contribution in [1.82, 2.24) is 5.32 Å². The second-order valence-electron chi connectivity index (χ2n) is 6.46. The van der Waals surface area contributed by atoms with Gasteiger partial charge in [-0.1, -0.05) is 24.3 Å². The minimum absolute atomic E-state index is 0.103. The van der Waals surface area contributed by atoms with E-state index in [2.05, 4.69) is 22.2 Å². The van der Waals surface area contributed by atoms with Crippen LogP contribution in [0.1, 0.15) is 28.8 Å². The topological polar surface area (TPSA) is 81.7 Å². The highest BCUT2D eigenvalue weighted by molar-refractivity contribution is 5.89. The molecule has 6 heteroatoms. The van der Waals surface area contributed by atoms with E-state index in [9.17, 15) is 14.4 Å². The molecule has 1 fully saturated rings. The van der Waals surface area contributed by atoms with Crippen LogP contribution in [0.2, 0.25) is 0 Å². The van der Waals surface area contributed by atoms with Gasteiger partial charge in [-0.3, -0.25) is 9.59 Å². The van der Waals surface area contributed by atoms with Gasteiger partial charge in [-0.15, -0.1) is 0 Å². The molecule has 2 aliphatic rings. The number of ether oxygens (including phenoxy) is 2. The smallest absolute Gasteiger partial charge is 0.337 e. The fraction of sp³-hybridized carbons (Fsp3) is 0.421. The largest absolute Gasteiger partial charge is 0.465 e. The Morgan fingerprint density at radius 1 is 1.12 bits per heavy atom. The maximum absolute atomic E-state index is 12.1. The summed E-state index contributed by atoms with van der Waals surface area (Å²) in [6, 6.07) is 6.74. The van der Waals surface area contributed by atoms with Crippen LogP contribution < -0.4 is 5.32 Å². The predicted octanol–water partition coefficient (Wildman–Crippen LogP) is 1.84. The monoisotopic (exact) mass is 343 g/mol. The number of methoxy groups -OCH3 is 1. The molecule has 0 unspecified atom stereocenters. The molecular formula is C19H21NO5. The normalized spacial score (nSPS) is 23.3. The molecule has 2 aliphatic carbocycles. The zero-order chi connectivity index (χ0) is 17.8. The van der Waals surface area contributed by atoms with Crippen molar-refractivity contribution < 1.29 is 23.9 Å². The number of amides is 1. The number of fused-ring (bicyclic) bond motifs is 2. The van der Waals surface area contributed by atoms with E-state index in [4.69, 9.17) is 4.74 Å². The van der Waals surface area contributed by atoms with Gasteiger partial charge in [0, 0.05) is 6.54 Å². The van der Waals surface area contributed by atoms with Crippen molar-refractivity contribution in [3.8, 4) is 0 Å². The molecule has 0 saturated heterocycles. The maximum Gasteiger partial charge on any atom is 0.337 e. The zero-order valence-electron chi connectivity index (χ0n) is 14.1. The van der Waals surface area contributed by atoms with Crippen molar-refractivity contribution in [1.29, 1.82) is 0 Å². The third kappa shape index (κ3) is 4.07. The highest BCUT2D eigenvalue weighted by Crippen LogP contribution is 2.43. The number of hydrogen-bond acceptors (Lipinski definition) is 5. The van der Waals surface area contributed by atoms with Crippen LogP contribution in [-0.2, 0) is 25.6 Å². The van der Waals surface area contributed by atoms with Crippen LogP contribution in [0.5, 0.6) is 0 Å². The van der Waals surface area contributed by atoms with Crippen LogP contribution in [0.3, 0.4) is 0 Å². The minimum Gasteiger partial charge on any atom is -0.465 e. The first-order valence-electron chi connectivity index (χ1n) is 8.35. The summed E-state index contributed by atoms with van der Waals surface area (Å²) in [5.74, 6) is -0.372. The summed E-state index contributed by atoms with van der Waals surface area (Å²) < 4.78 is 9.78. The summed E-state index contributed by atoms with van der Waals surface area (Å²) in [5, 5.41) is 2.70. The molecular weight excluding hydrogens is 322 g/mol. The van der Waals surface area contributed by atoms with Crippen LogP contribution >= 0.6 is 0 Å². The first-order valence-corrected chi connectivity index (χ1v) is 8.35. The van der Waals surface area contributed by atoms with E-state index in [0.717, 1.165) is 18.4 Å². The molecule has 132 valence electrons. The van der Waals surface area contributed by atoms with Crippen molar-refractivity contribution >= 4 is 17.8 Å². The molecule has 0 spiro atoms. The van der Waals surface area contributed by atoms with E-state index in [1.165, 1.54) is 7.11 Å². The first-order chi connectivity index (χ1) is 12.1. The van der Waals surface area contributed by atoms with Crippen LogP contribution in [0, 0.1) is 17.8 Å². The zero-order valence-corrected chi connectivity index (χ0v) is 14.1. The number of hydrogen-bond donors (Lipinski definition) is 1. The first kappa shape index (κ1) is 17.2. The fourth-order valence-corrected chi connectivity index (χ4v) is 3.42. The lowest BCUT2D eigenvalue weighted by Gasteiger charge is -2.16. The number of rotatable bonds is 6. The number of nitrogens with one attached hydrogen (secondary N) is 1. The van der Waals surface area contributed by atoms with Crippen molar-refractivity contribution in [3.05, 3.63) is 47.5 Å². The Labute approximate surface area is 146 Å². The van der Waals surface area contributed by atoms with E-state index in [1.807, 2.05) is 0 Å². The van der Waals surface area contributed by atoms with Gasteiger partial charge in [0.05, 0.1) is 18.6 Å². The maximum atomic E-state index is 12.1. The predicted molar refractivity (Wildman–Crippen MR) is 89.4 cm³/mol. The van der Waals surface area contributed by atoms with Gasteiger partial charge in [0.1, 0.15) is 0 Å². The molecule has 6 nitrogen and oxygen atoms in total. The van der Waals surface area contributed by atoms with Gasteiger partial charge >= 0.3 is 11.9 Å². The molecule has 1 aromatic carbocycles. The SMILES string of the molecule is COC(=O)c1ccc(CNC(=O)COC(=O)[C@@H]2C[C@H]3C=C[C@@H]2C3)cc1. The summed E-state index contributed by atoms with van der Waals surface area (Å²) in [7, 11) is 1.32. The number of carbonyl (C=O) groups is 3. The third-order valence-electron chi connectivity index (χ3n) is 4.79. The standard InChI is InChI=1S/C19H21NO5/c1-24-18(22)14-5-2-12(3-6-14)10-20-17(21)11-25-19(23)16-9-13-4-7-15(16)8-13/h2-7,13,15-16H,8-11H2,1H3,(H,20,21)/t13-,15+,16+/m0/s1. The second-order valence-corrected chi connectivity index (χ2v) is 6.46. The highest BCUT2D eigenvalue weighted by Gasteiger charge is 2.40. The lowest BCUT2D eigenvalue weighted by Crippen LogP contribution is -2.30. The molecule has 1 saturated carbocycles. The lowest BCUT2D eigenvalue weighted by molar-refractivity contribution is -0.153. The highest BCUT2D eigenvalue weighted by atomic mass is 16.5. The molecule has 2 bridgehead atoms. The van der Waals surface area contributed by atoms with Gasteiger partial charge in [-0.25, -0.2) is 4.79 Å². The van der Waals surface area contributed by atoms with Gasteiger partial charge < -0.3 is 14.8 Å². The van der Waals surface area contributed by atoms with E-state index in [0.29, 0.717) is 18.0 Å². The Hall–Kier alpha value is -2.63. The van der Waals surface area contributed by atoms with E-state index in [1.54, 1.807) is 24.3 Å². The van der Waals surface area contributed by atoms with Gasteiger partial charge in [-0.2, -0.15) is 0 Å². The van der Waals surface area contributed by atoms with E-state index < -0.39 is 5.97 Å². The Bertz CT molecular complexity index is 694. The Morgan fingerprint density at radius 2 is 1.88 bits per heavy atom. The van der Waals surface area contributed by atoms with Gasteiger partial charge in [0.2, 0.25) is 0 Å². The molecule has 0 aromatic heterocycles. The molecule has 3 atom stereocenters. The second kappa shape index (κ2) is 7.51. The van der Waals surface area contributed by atoms with Crippen molar-refractivity contribution in [2.24, 2.45) is 17.8 Å². The van der Waals surface area contributed by atoms with E-state index >= 15 is 0 Å². The average Bonchev–Trinajstić information content (AvgIpc) is 3.27. The number of allylic oxidation sites excluding steroid dienone is 2. The molecule has 1 N–H and O–H groups in total. The van der Waals surface area contributed by atoms with Crippen LogP contribution in [0.4, 0.5) is 0 Å². The van der Waals surface area contributed by atoms with Gasteiger partial charge in [-0.05, 0) is 42.4 Å². The number of benzene rings is 1. The Morgan fingerprint density at radius 3 is 2.48 bits per heavy atom. The molecule has 0 aliphatic heterocycles. The number of esters is 2. The summed E-state index contributed by atoms with van der Waals surface area (Å²) in [6.45, 7) is 0.0331. The molecule has 0 radical (unpaired) electrons. The van der Waals surface area contributed by atoms with Crippen molar-refractivity contribution in [2.45, 2.75) is 19.4 Å². The summed E-state index contributed by atoms with van der Waals surface area (Å²) >= 11 is 0. The summed E-state index contributed by atoms with van der Waals surface area (Å²) in [5.41, 5.74) is 1.29. The molecule has 0 heterocycles. The van der Waals surface area contributed by atoms with E-state index in [-0.39, 0.29) is 30.3 Å². The fourth-order valence-electron chi connectivity index (χ4n) is 3.42. The quantitative estimate of drug-likeness (QED) is 0.630. The molecule has 1 aromatic rings. The Kier molecular flexibility index (Phi) is 5.16. The lowest BCUT2D eigenvalue weighted by atomic mass is 9.94. The van der Waals surface area contributed by atoms with Crippen molar-refractivity contribution in [3.63, 3.8) is 0 Å². The summed E-state index contributed by atoms with van der Waals surface area (Å²) in [6.07, 6.45) is 6.09. The van der Waals surface area contributed by atoms with Crippen molar-refractivity contribution in [2.75, 3.05) is 13.7 Å². The van der Waals surface area contributed by atoms with Crippen LogP contribution in [0.15, 0.2) is 36.4 Å². The van der Waals surface area contributed by atoms with Crippen LogP contribution in [0.25, 0.3) is 0 Å². The summed E-state index contributed by atoms with van der Waals surface area (Å²) in [4.78, 5) is 35.3. The molecule has 3 rings (SSSR count).